The summed E-state index contributed by atoms with van der Waals surface area (Å²) in [5.74, 6) is 1.11. The molecule has 0 radical (unpaired) electrons. The van der Waals surface area contributed by atoms with Crippen molar-refractivity contribution < 1.29 is 4.39 Å². The molecule has 0 atom stereocenters. The van der Waals surface area contributed by atoms with Crippen molar-refractivity contribution in [1.29, 1.82) is 0 Å². The molecule has 120 valence electrons. The number of aryl methyl sites for hydroxylation is 1. The maximum Gasteiger partial charge on any atom is 0.229 e. The lowest BCUT2D eigenvalue weighted by Crippen LogP contribution is -2.19. The van der Waals surface area contributed by atoms with Gasteiger partial charge in [-0.05, 0) is 25.2 Å². The summed E-state index contributed by atoms with van der Waals surface area (Å²) in [5.41, 5.74) is 1.52. The Labute approximate surface area is 134 Å². The molecule has 0 spiro atoms. The molecule has 2 aromatic rings. The second-order valence-electron chi connectivity index (χ2n) is 5.36. The van der Waals surface area contributed by atoms with E-state index in [0.29, 0.717) is 18.2 Å². The molecule has 0 aromatic carbocycles. The Hall–Kier alpha value is -2.70. The number of anilines is 2. The van der Waals surface area contributed by atoms with Crippen molar-refractivity contribution in [3.8, 4) is 0 Å². The Morgan fingerprint density at radius 3 is 2.96 bits per heavy atom. The van der Waals surface area contributed by atoms with Crippen molar-refractivity contribution in [3.05, 3.63) is 42.0 Å². The number of hydrogen-bond donors (Lipinski definition) is 1. The van der Waals surface area contributed by atoms with E-state index in [2.05, 4.69) is 20.4 Å². The van der Waals surface area contributed by atoms with E-state index in [9.17, 15) is 4.39 Å². The maximum atomic E-state index is 13.3. The van der Waals surface area contributed by atoms with Crippen molar-refractivity contribution in [2.75, 3.05) is 23.8 Å². The number of fused-ring (bicyclic) bond motifs is 1. The average Bonchev–Trinajstić information content (AvgIpc) is 2.80. The van der Waals surface area contributed by atoms with Crippen LogP contribution in [0.3, 0.4) is 0 Å². The van der Waals surface area contributed by atoms with Gasteiger partial charge in [-0.1, -0.05) is 6.08 Å². The normalized spacial score (nSPS) is 14.4. The van der Waals surface area contributed by atoms with Crippen molar-refractivity contribution in [1.82, 2.24) is 19.7 Å². The van der Waals surface area contributed by atoms with Crippen molar-refractivity contribution >= 4 is 22.8 Å². The minimum Gasteiger partial charge on any atom is -0.344 e. The first-order valence-corrected chi connectivity index (χ1v) is 7.49. The predicted octanol–water partition coefficient (Wildman–Crippen LogP) is 2.93. The fourth-order valence-corrected chi connectivity index (χ4v) is 2.24. The molecule has 1 aliphatic rings. The van der Waals surface area contributed by atoms with Gasteiger partial charge in [-0.15, -0.1) is 0 Å². The van der Waals surface area contributed by atoms with E-state index in [-0.39, 0.29) is 5.83 Å². The van der Waals surface area contributed by atoms with E-state index < -0.39 is 0 Å². The molecular weight excluding hydrogens is 295 g/mol. The first-order valence-electron chi connectivity index (χ1n) is 7.49. The van der Waals surface area contributed by atoms with Crippen molar-refractivity contribution in [3.63, 3.8) is 0 Å². The monoisotopic (exact) mass is 314 g/mol. The van der Waals surface area contributed by atoms with E-state index in [1.165, 1.54) is 6.08 Å². The highest BCUT2D eigenvalue weighted by molar-refractivity contribution is 5.88. The van der Waals surface area contributed by atoms with Gasteiger partial charge in [0.05, 0.1) is 11.6 Å². The zero-order valence-electron chi connectivity index (χ0n) is 13.4. The van der Waals surface area contributed by atoms with Gasteiger partial charge >= 0.3 is 0 Å². The Balaban J connectivity index is 2.05. The number of nitrogens with one attached hydrogen (secondary N) is 1. The quantitative estimate of drug-likeness (QED) is 0.940. The highest BCUT2D eigenvalue weighted by Gasteiger charge is 2.14. The molecule has 1 N–H and O–H groups in total. The van der Waals surface area contributed by atoms with E-state index in [4.69, 9.17) is 0 Å². The summed E-state index contributed by atoms with van der Waals surface area (Å²) < 4.78 is 15.0. The van der Waals surface area contributed by atoms with E-state index in [1.54, 1.807) is 23.0 Å². The highest BCUT2D eigenvalue weighted by atomic mass is 19.1. The molecule has 2 heterocycles. The largest absolute Gasteiger partial charge is 0.344 e. The summed E-state index contributed by atoms with van der Waals surface area (Å²) in [7, 11) is 3.78. The van der Waals surface area contributed by atoms with Gasteiger partial charge in [-0.2, -0.15) is 15.1 Å². The average molecular weight is 314 g/mol. The van der Waals surface area contributed by atoms with Crippen LogP contribution in [0.15, 0.2) is 42.0 Å². The zero-order chi connectivity index (χ0) is 16.4. The Morgan fingerprint density at radius 1 is 1.35 bits per heavy atom. The van der Waals surface area contributed by atoms with E-state index in [0.717, 1.165) is 23.3 Å². The van der Waals surface area contributed by atoms with Gasteiger partial charge in [-0.25, -0.2) is 4.39 Å². The summed E-state index contributed by atoms with van der Waals surface area (Å²) in [6, 6.07) is 0. The maximum absolute atomic E-state index is 13.3. The number of hydrogen-bond acceptors (Lipinski definition) is 5. The summed E-state index contributed by atoms with van der Waals surface area (Å²) >= 11 is 0. The van der Waals surface area contributed by atoms with Crippen LogP contribution in [0.5, 0.6) is 0 Å². The number of rotatable bonds is 4. The van der Waals surface area contributed by atoms with Crippen molar-refractivity contribution in [2.24, 2.45) is 7.05 Å². The molecule has 0 fully saturated rings. The van der Waals surface area contributed by atoms with Crippen molar-refractivity contribution in [2.45, 2.75) is 13.3 Å². The van der Waals surface area contributed by atoms with Crippen LogP contribution in [0.4, 0.5) is 16.2 Å². The molecule has 1 aliphatic carbocycles. The molecular formula is C16H19FN6. The molecule has 2 aromatic heterocycles. The molecule has 0 saturated heterocycles. The third kappa shape index (κ3) is 3.08. The second-order valence-corrected chi connectivity index (χ2v) is 5.36. The lowest BCUT2D eigenvalue weighted by atomic mass is 10.3. The van der Waals surface area contributed by atoms with Crippen LogP contribution in [-0.4, -0.2) is 33.3 Å². The van der Waals surface area contributed by atoms with Crippen LogP contribution in [0.1, 0.15) is 13.3 Å². The van der Waals surface area contributed by atoms with Crippen LogP contribution >= 0.6 is 0 Å². The van der Waals surface area contributed by atoms with Crippen LogP contribution in [-0.2, 0) is 7.05 Å². The SMILES string of the molecule is CCN(C)c1nc(NC2=CC=C(F)CC=C2)c2cnn(C)c2n1. The minimum atomic E-state index is -0.168. The van der Waals surface area contributed by atoms with Gasteiger partial charge in [-0.3, -0.25) is 4.68 Å². The third-order valence-electron chi connectivity index (χ3n) is 3.71. The molecule has 3 rings (SSSR count). The third-order valence-corrected chi connectivity index (χ3v) is 3.71. The van der Waals surface area contributed by atoms with Crippen LogP contribution < -0.4 is 10.2 Å². The summed E-state index contributed by atoms with van der Waals surface area (Å²) in [5, 5.41) is 8.32. The van der Waals surface area contributed by atoms with E-state index in [1.807, 2.05) is 32.0 Å². The summed E-state index contributed by atoms with van der Waals surface area (Å²) in [4.78, 5) is 11.1. The Morgan fingerprint density at radius 2 is 2.17 bits per heavy atom. The predicted molar refractivity (Wildman–Crippen MR) is 89.9 cm³/mol. The lowest BCUT2D eigenvalue weighted by molar-refractivity contribution is 0.618. The van der Waals surface area contributed by atoms with E-state index >= 15 is 0 Å². The molecule has 0 bridgehead atoms. The topological polar surface area (TPSA) is 58.9 Å². The molecule has 0 aliphatic heterocycles. The molecule has 0 unspecified atom stereocenters. The molecule has 0 saturated carbocycles. The first-order chi connectivity index (χ1) is 11.1. The first kappa shape index (κ1) is 15.2. The van der Waals surface area contributed by atoms with Gasteiger partial charge in [0, 0.05) is 32.8 Å². The van der Waals surface area contributed by atoms with Gasteiger partial charge in [0.25, 0.3) is 0 Å². The van der Waals surface area contributed by atoms with Gasteiger partial charge in [0.2, 0.25) is 5.95 Å². The second kappa shape index (κ2) is 6.20. The van der Waals surface area contributed by atoms with Crippen LogP contribution in [0.2, 0.25) is 0 Å². The fourth-order valence-electron chi connectivity index (χ4n) is 2.24. The Bertz CT molecular complexity index is 817. The van der Waals surface area contributed by atoms with Crippen LogP contribution in [0, 0.1) is 0 Å². The minimum absolute atomic E-state index is 0.168. The van der Waals surface area contributed by atoms with Gasteiger partial charge in [0.15, 0.2) is 5.65 Å². The molecule has 0 amide bonds. The Kier molecular flexibility index (Phi) is 4.10. The standard InChI is InChI=1S/C16H19FN6/c1-4-22(2)16-20-14(13-10-18-23(3)15(13)21-16)19-12-7-5-6-11(17)8-9-12/h5,7-10H,4,6H2,1-3H3,(H,19,20,21). The van der Waals surface area contributed by atoms with Gasteiger partial charge < -0.3 is 10.2 Å². The number of halogens is 1. The lowest BCUT2D eigenvalue weighted by Gasteiger charge is -2.16. The zero-order valence-corrected chi connectivity index (χ0v) is 13.4. The highest BCUT2D eigenvalue weighted by Crippen LogP contribution is 2.24. The molecule has 23 heavy (non-hydrogen) atoms. The molecule has 6 nitrogen and oxygen atoms in total. The fraction of sp³-hybridized carbons (Fsp3) is 0.312. The number of nitrogens with zero attached hydrogens (tertiary/aromatic N) is 5. The van der Waals surface area contributed by atoms with Gasteiger partial charge in [0.1, 0.15) is 11.6 Å². The molecule has 7 heteroatoms. The summed E-state index contributed by atoms with van der Waals surface area (Å²) in [6.07, 6.45) is 8.81. The number of allylic oxidation sites excluding steroid dienone is 5. The smallest absolute Gasteiger partial charge is 0.229 e. The number of aromatic nitrogens is 4. The summed E-state index contributed by atoms with van der Waals surface area (Å²) in [6.45, 7) is 2.83. The van der Waals surface area contributed by atoms with Crippen LogP contribution in [0.25, 0.3) is 11.0 Å².